The van der Waals surface area contributed by atoms with Crippen molar-refractivity contribution in [2.75, 3.05) is 19.4 Å². The number of aliphatic imine (C=N–C) groups is 1. The van der Waals surface area contributed by atoms with Crippen molar-refractivity contribution in [3.8, 4) is 5.75 Å². The predicted molar refractivity (Wildman–Crippen MR) is 126 cm³/mol. The van der Waals surface area contributed by atoms with Crippen LogP contribution in [0.5, 0.6) is 5.75 Å². The summed E-state index contributed by atoms with van der Waals surface area (Å²) in [5, 5.41) is 18.1. The lowest BCUT2D eigenvalue weighted by Crippen LogP contribution is -2.28. The third-order valence-corrected chi connectivity index (χ3v) is 8.31. The highest BCUT2D eigenvalue weighted by molar-refractivity contribution is 8.13. The van der Waals surface area contributed by atoms with Crippen LogP contribution in [0.2, 0.25) is 0 Å². The van der Waals surface area contributed by atoms with Crippen molar-refractivity contribution >= 4 is 37.5 Å². The molecule has 12 nitrogen and oxygen atoms in total. The molecular formula is C20H22F3N5O7S2. The average molecular weight is 566 g/mol. The van der Waals surface area contributed by atoms with Crippen LogP contribution in [0, 0.1) is 0 Å². The quantitative estimate of drug-likeness (QED) is 0.368. The van der Waals surface area contributed by atoms with Gasteiger partial charge in [-0.3, -0.25) is 14.5 Å². The van der Waals surface area contributed by atoms with E-state index < -0.39 is 76.5 Å². The molecule has 2 aromatic rings. The Morgan fingerprint density at radius 1 is 1.30 bits per heavy atom. The van der Waals surface area contributed by atoms with E-state index in [0.29, 0.717) is 17.9 Å². The fourth-order valence-electron chi connectivity index (χ4n) is 3.45. The standard InChI is InChI=1S/C20H22F3N5O7S2/c1-4-11(13-6-5-9-35-13)26-17-15(19(36(24,31)32)37(33,34)27-17)25-12-8-7-10(20(21,22)23)14(16(12)29)18(30)28(2)3/h5-9,11,25,29H,4H2,1-3H3,(H,26,27)(H2,24,31,32). The van der Waals surface area contributed by atoms with Crippen LogP contribution in [-0.4, -0.2) is 52.7 Å². The molecule has 3 rings (SSSR count). The third kappa shape index (κ3) is 5.57. The van der Waals surface area contributed by atoms with Crippen LogP contribution in [0.25, 0.3) is 0 Å². The van der Waals surface area contributed by atoms with Crippen LogP contribution in [0.15, 0.2) is 49.9 Å². The van der Waals surface area contributed by atoms with Crippen molar-refractivity contribution in [2.24, 2.45) is 10.1 Å². The summed E-state index contributed by atoms with van der Waals surface area (Å²) < 4.78 is 96.3. The summed E-state index contributed by atoms with van der Waals surface area (Å²) in [6.45, 7) is 1.68. The van der Waals surface area contributed by atoms with E-state index in [-0.39, 0.29) is 6.42 Å². The van der Waals surface area contributed by atoms with Crippen LogP contribution in [0.1, 0.15) is 41.1 Å². The van der Waals surface area contributed by atoms with Gasteiger partial charge in [-0.05, 0) is 30.7 Å². The summed E-state index contributed by atoms with van der Waals surface area (Å²) >= 11 is 0. The molecule has 0 radical (unpaired) electrons. The zero-order valence-electron chi connectivity index (χ0n) is 19.5. The number of furan rings is 1. The number of aromatic hydroxyl groups is 1. The van der Waals surface area contributed by atoms with E-state index in [9.17, 15) is 39.9 Å². The molecule has 1 aromatic carbocycles. The van der Waals surface area contributed by atoms with Gasteiger partial charge < -0.3 is 19.7 Å². The van der Waals surface area contributed by atoms with Crippen molar-refractivity contribution in [3.63, 3.8) is 0 Å². The maximum absolute atomic E-state index is 13.6. The average Bonchev–Trinajstić information content (AvgIpc) is 3.37. The van der Waals surface area contributed by atoms with Crippen LogP contribution in [-0.2, 0) is 26.2 Å². The molecule has 0 spiro atoms. The van der Waals surface area contributed by atoms with Crippen molar-refractivity contribution in [2.45, 2.75) is 25.6 Å². The summed E-state index contributed by atoms with van der Waals surface area (Å²) in [5.74, 6) is -2.69. The van der Waals surface area contributed by atoms with Gasteiger partial charge in [0.2, 0.25) is 4.24 Å². The molecule has 1 atom stereocenters. The minimum Gasteiger partial charge on any atom is -0.505 e. The number of sulfonamides is 2. The minimum absolute atomic E-state index is 0.268. The molecule has 37 heavy (non-hydrogen) atoms. The molecule has 0 aliphatic carbocycles. The zero-order valence-corrected chi connectivity index (χ0v) is 21.1. The summed E-state index contributed by atoms with van der Waals surface area (Å²) in [4.78, 5) is 17.5. The van der Waals surface area contributed by atoms with Gasteiger partial charge in [0, 0.05) is 14.1 Å². The second-order valence-corrected chi connectivity index (χ2v) is 11.3. The highest BCUT2D eigenvalue weighted by Crippen LogP contribution is 2.41. The number of anilines is 1. The van der Waals surface area contributed by atoms with Gasteiger partial charge in [-0.15, -0.1) is 0 Å². The molecule has 0 fully saturated rings. The molecule has 1 amide bonds. The van der Waals surface area contributed by atoms with Crippen LogP contribution in [0.4, 0.5) is 18.9 Å². The number of hydrogen-bond acceptors (Lipinski definition) is 9. The molecule has 1 unspecified atom stereocenters. The number of rotatable bonds is 7. The molecule has 1 aliphatic heterocycles. The monoisotopic (exact) mass is 565 g/mol. The smallest absolute Gasteiger partial charge is 0.417 e. The number of primary sulfonamides is 1. The van der Waals surface area contributed by atoms with E-state index in [1.807, 2.05) is 4.72 Å². The van der Waals surface area contributed by atoms with E-state index in [1.54, 1.807) is 19.1 Å². The maximum atomic E-state index is 13.6. The lowest BCUT2D eigenvalue weighted by atomic mass is 10.0. The van der Waals surface area contributed by atoms with Gasteiger partial charge in [-0.1, -0.05) is 6.92 Å². The molecule has 0 saturated carbocycles. The number of nitrogens with one attached hydrogen (secondary N) is 2. The number of phenolic OH excluding ortho intramolecular Hbond substituents is 1. The third-order valence-electron chi connectivity index (χ3n) is 5.08. The maximum Gasteiger partial charge on any atom is 0.417 e. The topological polar surface area (TPSA) is 184 Å². The van der Waals surface area contributed by atoms with Gasteiger partial charge in [0.05, 0.1) is 23.1 Å². The summed E-state index contributed by atoms with van der Waals surface area (Å²) in [6, 6.07) is 3.45. The second-order valence-electron chi connectivity index (χ2n) is 7.94. The zero-order chi connectivity index (χ0) is 27.9. The number of benzene rings is 1. The Morgan fingerprint density at radius 2 is 1.95 bits per heavy atom. The summed E-state index contributed by atoms with van der Waals surface area (Å²) in [5.41, 5.74) is -4.00. The molecule has 1 aromatic heterocycles. The number of nitrogens with zero attached hydrogens (tertiary/aromatic N) is 2. The molecular weight excluding hydrogens is 543 g/mol. The van der Waals surface area contributed by atoms with E-state index in [1.165, 1.54) is 6.26 Å². The first-order valence-corrected chi connectivity index (χ1v) is 13.3. The lowest BCUT2D eigenvalue weighted by molar-refractivity contribution is -0.138. The fraction of sp³-hybridized carbons (Fsp3) is 0.300. The number of nitrogens with two attached hydrogens (primary N) is 1. The molecule has 0 bridgehead atoms. The Hall–Kier alpha value is -3.57. The second kappa shape index (κ2) is 9.71. The Kier molecular flexibility index (Phi) is 7.35. The molecule has 0 saturated heterocycles. The Morgan fingerprint density at radius 3 is 2.43 bits per heavy atom. The van der Waals surface area contributed by atoms with E-state index in [0.717, 1.165) is 19.0 Å². The van der Waals surface area contributed by atoms with Gasteiger partial charge in [0.25, 0.3) is 26.0 Å². The van der Waals surface area contributed by atoms with Crippen LogP contribution < -0.4 is 15.2 Å². The van der Waals surface area contributed by atoms with E-state index in [4.69, 9.17) is 9.56 Å². The Labute approximate surface area is 209 Å². The van der Waals surface area contributed by atoms with Gasteiger partial charge in [-0.2, -0.15) is 13.2 Å². The minimum atomic E-state index is -5.04. The first-order chi connectivity index (χ1) is 17.0. The van der Waals surface area contributed by atoms with Crippen molar-refractivity contribution in [3.05, 3.63) is 57.3 Å². The largest absolute Gasteiger partial charge is 0.505 e. The normalized spacial score (nSPS) is 17.5. The number of amides is 1. The fourth-order valence-corrected chi connectivity index (χ4v) is 6.15. The summed E-state index contributed by atoms with van der Waals surface area (Å²) in [7, 11) is -7.47. The van der Waals surface area contributed by atoms with Gasteiger partial charge >= 0.3 is 6.18 Å². The van der Waals surface area contributed by atoms with Crippen LogP contribution in [0.3, 0.4) is 0 Å². The van der Waals surface area contributed by atoms with Gasteiger partial charge in [-0.25, -0.2) is 22.0 Å². The van der Waals surface area contributed by atoms with Crippen molar-refractivity contribution in [1.82, 2.24) is 9.62 Å². The highest BCUT2D eigenvalue weighted by atomic mass is 32.3. The van der Waals surface area contributed by atoms with E-state index in [2.05, 4.69) is 10.3 Å². The molecule has 202 valence electrons. The van der Waals surface area contributed by atoms with Crippen LogP contribution >= 0.6 is 0 Å². The number of carbonyl (C=O) groups is 1. The lowest BCUT2D eigenvalue weighted by Gasteiger charge is -2.20. The number of phenols is 1. The van der Waals surface area contributed by atoms with Gasteiger partial charge in [0.15, 0.2) is 11.6 Å². The van der Waals surface area contributed by atoms with Gasteiger partial charge in [0.1, 0.15) is 17.5 Å². The van der Waals surface area contributed by atoms with Crippen molar-refractivity contribution < 1.29 is 44.3 Å². The number of halogens is 3. The molecule has 1 aliphatic rings. The molecule has 2 heterocycles. The Bertz CT molecular complexity index is 1500. The first-order valence-electron chi connectivity index (χ1n) is 10.3. The first kappa shape index (κ1) is 28.0. The number of alkyl halides is 3. The number of hydrogen-bond donors (Lipinski definition) is 4. The number of carbonyl (C=O) groups excluding carboxylic acids is 1. The SMILES string of the molecule is CCC(N=C1NS(=O)(=O)C(S(N)(=O)=O)=C1Nc1ccc(C(F)(F)F)c(C(=O)N(C)C)c1O)c1ccco1. The molecule has 17 heteroatoms. The van der Waals surface area contributed by atoms with Crippen molar-refractivity contribution in [1.29, 1.82) is 0 Å². The van der Waals surface area contributed by atoms with E-state index >= 15 is 0 Å². The number of amidine groups is 1. The highest BCUT2D eigenvalue weighted by Gasteiger charge is 2.43. The summed E-state index contributed by atoms with van der Waals surface area (Å²) in [6.07, 6.45) is -3.43. The Balaban J connectivity index is 2.27. The molecule has 5 N–H and O–H groups in total. The predicted octanol–water partition coefficient (Wildman–Crippen LogP) is 2.06.